The Morgan fingerprint density at radius 1 is 0.837 bits per heavy atom. The van der Waals surface area contributed by atoms with Crippen molar-refractivity contribution in [2.75, 3.05) is 25.8 Å². The van der Waals surface area contributed by atoms with Gasteiger partial charge in [0, 0.05) is 50.5 Å². The molecular formula is C28H31Br3I2O8V2-2. The molecule has 0 fully saturated rings. The van der Waals surface area contributed by atoms with Crippen LogP contribution in [0.15, 0.2) is 68.0 Å². The molecule has 0 saturated carbocycles. The van der Waals surface area contributed by atoms with Gasteiger partial charge in [-0.1, -0.05) is 77.3 Å². The van der Waals surface area contributed by atoms with Crippen LogP contribution in [0, 0.1) is 12.4 Å². The average Bonchev–Trinajstić information content (AvgIpc) is 2.94. The molecule has 238 valence electrons. The van der Waals surface area contributed by atoms with E-state index in [9.17, 15) is 14.4 Å². The topological polar surface area (TPSA) is 119 Å². The van der Waals surface area contributed by atoms with Crippen molar-refractivity contribution in [1.82, 2.24) is 0 Å². The molecule has 3 aromatic carbocycles. The first kappa shape index (κ1) is 52.3. The third kappa shape index (κ3) is 22.0. The molecule has 0 aliphatic carbocycles. The van der Waals surface area contributed by atoms with E-state index in [1.54, 1.807) is 42.5 Å². The summed E-state index contributed by atoms with van der Waals surface area (Å²) in [6.07, 6.45) is 0.769. The number of carbonyl (C=O) groups is 3. The van der Waals surface area contributed by atoms with Crippen molar-refractivity contribution in [1.29, 1.82) is 0 Å². The summed E-state index contributed by atoms with van der Waals surface area (Å²) in [6, 6.07) is 14.6. The standard InChI is InChI=1S/C9H9BrO3.C8H7BrO2.C7H5BrO3.C2H5I.CH2I.CH3.2V/c1-12-8-5-6(10)3-4-7(8)9(11)13-2;1-11-8-4-7(9)3-2-6(8)5-10;8-4-1-2-5(7(10)11)6(9)3-4;1-2-3;1-2;;;/h3-5H,1-2H3;2-5H,1H3;1-3,9H,(H,10,11);2H2,1H3;1H2;1H3;;/q;;;;2*-1;;. The number of alkyl halides is 1. The number of aldehydes is 1. The monoisotopic (exact) mass is 1090 g/mol. The molecule has 3 aromatic rings. The predicted octanol–water partition coefficient (Wildman–Crippen LogP) is 9.47. The first-order valence-corrected chi connectivity index (χ1v) is 16.2. The maximum Gasteiger partial charge on any atom is 0.341 e. The summed E-state index contributed by atoms with van der Waals surface area (Å²) in [4.78, 5) is 35.2. The summed E-state index contributed by atoms with van der Waals surface area (Å²) >= 11 is 13.8. The number of esters is 1. The molecule has 0 aliphatic rings. The van der Waals surface area contributed by atoms with Crippen LogP contribution in [0.4, 0.5) is 0 Å². The fourth-order valence-electron chi connectivity index (χ4n) is 2.41. The van der Waals surface area contributed by atoms with Gasteiger partial charge in [0.1, 0.15) is 28.4 Å². The van der Waals surface area contributed by atoms with Gasteiger partial charge in [0.2, 0.25) is 0 Å². The van der Waals surface area contributed by atoms with Gasteiger partial charge in [0.15, 0.2) is 6.29 Å². The number of carboxylic acid groups (broad SMARTS) is 1. The molecule has 0 aliphatic heterocycles. The SMILES string of the molecule is CCI.COC(=O)c1ccc(Br)cc1OC.COc1cc(Br)ccc1C=O.O=C(O)c1ccc(Br)cc1O.[CH2-]I.[CH3-].[V].[V]. The molecule has 0 atom stereocenters. The van der Waals surface area contributed by atoms with Gasteiger partial charge >= 0.3 is 11.9 Å². The molecular weight excluding hydrogens is 1060 g/mol. The number of halogens is 5. The first-order chi connectivity index (χ1) is 19.0. The van der Waals surface area contributed by atoms with Gasteiger partial charge in [-0.3, -0.25) is 9.73 Å². The van der Waals surface area contributed by atoms with Gasteiger partial charge in [-0.05, 0) is 59.0 Å². The minimum absolute atomic E-state index is 0. The van der Waals surface area contributed by atoms with Crippen molar-refractivity contribution >= 4 is 111 Å². The molecule has 0 aromatic heterocycles. The molecule has 2 radical (unpaired) electrons. The number of aromatic hydroxyl groups is 1. The van der Waals surface area contributed by atoms with Gasteiger partial charge in [0.25, 0.3) is 0 Å². The number of phenols is 1. The van der Waals surface area contributed by atoms with Gasteiger partial charge in [-0.25, -0.2) is 9.59 Å². The number of hydrogen-bond donors (Lipinski definition) is 2. The summed E-state index contributed by atoms with van der Waals surface area (Å²) in [5.41, 5.74) is 0.900. The number of carboxylic acids is 1. The number of hydrogen-bond acceptors (Lipinski definition) is 7. The zero-order chi connectivity index (χ0) is 31.3. The molecule has 2 N–H and O–H groups in total. The molecule has 0 spiro atoms. The normalized spacial score (nSPS) is 8.23. The maximum atomic E-state index is 11.2. The van der Waals surface area contributed by atoms with Crippen molar-refractivity contribution in [3.05, 3.63) is 97.1 Å². The summed E-state index contributed by atoms with van der Waals surface area (Å²) in [5, 5.41) is 17.5. The van der Waals surface area contributed by atoms with Crippen LogP contribution in [0.2, 0.25) is 0 Å². The van der Waals surface area contributed by atoms with Crippen molar-refractivity contribution < 1.29 is 75.9 Å². The van der Waals surface area contributed by atoms with E-state index in [0.717, 1.165) is 15.2 Å². The van der Waals surface area contributed by atoms with E-state index in [1.807, 2.05) is 22.6 Å². The number of benzene rings is 3. The van der Waals surface area contributed by atoms with Crippen LogP contribution >= 0.6 is 93.0 Å². The molecule has 43 heavy (non-hydrogen) atoms. The molecule has 3 rings (SSSR count). The second kappa shape index (κ2) is 31.7. The Bertz CT molecular complexity index is 1220. The van der Waals surface area contributed by atoms with E-state index < -0.39 is 11.9 Å². The molecule has 0 amide bonds. The van der Waals surface area contributed by atoms with Crippen LogP contribution in [0.5, 0.6) is 17.2 Å². The van der Waals surface area contributed by atoms with Crippen molar-refractivity contribution in [3.8, 4) is 17.2 Å². The van der Waals surface area contributed by atoms with Gasteiger partial charge in [-0.2, -0.15) is 0 Å². The van der Waals surface area contributed by atoms with Crippen molar-refractivity contribution in [2.45, 2.75) is 6.92 Å². The average molecular weight is 1090 g/mol. The Hall–Kier alpha value is -0.261. The third-order valence-corrected chi connectivity index (χ3v) is 5.56. The zero-order valence-corrected chi connectivity index (χ0v) is 35.7. The van der Waals surface area contributed by atoms with Crippen LogP contribution in [0.3, 0.4) is 0 Å². The summed E-state index contributed by atoms with van der Waals surface area (Å²) < 4.78 is 18.2. The Morgan fingerprint density at radius 2 is 1.23 bits per heavy atom. The quantitative estimate of drug-likeness (QED) is 0.0854. The fraction of sp³-hybridized carbons (Fsp3) is 0.179. The first-order valence-electron chi connectivity index (χ1n) is 10.7. The van der Waals surface area contributed by atoms with Crippen LogP contribution < -0.4 is 9.47 Å². The molecule has 0 unspecified atom stereocenters. The Balaban J connectivity index is -0.000000151. The van der Waals surface area contributed by atoms with Gasteiger partial charge in [-0.15, -0.1) is 0 Å². The van der Waals surface area contributed by atoms with Crippen molar-refractivity contribution in [3.63, 3.8) is 0 Å². The van der Waals surface area contributed by atoms with E-state index in [2.05, 4.69) is 87.0 Å². The number of methoxy groups -OCH3 is 3. The Kier molecular flexibility index (Phi) is 38.6. The van der Waals surface area contributed by atoms with E-state index >= 15 is 0 Å². The zero-order valence-electron chi connectivity index (χ0n) is 23.8. The van der Waals surface area contributed by atoms with Gasteiger partial charge < -0.3 is 54.4 Å². The maximum absolute atomic E-state index is 11.2. The van der Waals surface area contributed by atoms with Crippen LogP contribution in [0.1, 0.15) is 38.0 Å². The molecule has 0 bridgehead atoms. The number of aromatic carboxylic acids is 1. The molecule has 15 heteroatoms. The molecule has 0 heterocycles. The number of ether oxygens (including phenoxy) is 3. The smallest absolute Gasteiger partial charge is 0.341 e. The second-order valence-corrected chi connectivity index (χ2v) is 10.8. The minimum atomic E-state index is -1.13. The van der Waals surface area contributed by atoms with Crippen LogP contribution in [-0.4, -0.2) is 54.2 Å². The Labute approximate surface area is 330 Å². The summed E-state index contributed by atoms with van der Waals surface area (Å²) in [6.45, 7) is 2.11. The predicted molar refractivity (Wildman–Crippen MR) is 191 cm³/mol. The molecule has 0 saturated heterocycles. The fourth-order valence-corrected chi connectivity index (χ4v) is 3.44. The van der Waals surface area contributed by atoms with Crippen molar-refractivity contribution in [2.24, 2.45) is 0 Å². The van der Waals surface area contributed by atoms with E-state index in [0.29, 0.717) is 27.1 Å². The van der Waals surface area contributed by atoms with E-state index in [-0.39, 0.29) is 55.9 Å². The van der Waals surface area contributed by atoms with Gasteiger partial charge in [0.05, 0.1) is 26.9 Å². The third-order valence-electron chi connectivity index (χ3n) is 4.08. The Morgan fingerprint density at radius 3 is 1.60 bits per heavy atom. The summed E-state index contributed by atoms with van der Waals surface area (Å²) in [5.74, 6) is -0.665. The van der Waals surface area contributed by atoms with Crippen LogP contribution in [-0.2, 0) is 41.8 Å². The number of carbonyl (C=O) groups excluding carboxylic acids is 2. The minimum Gasteiger partial charge on any atom is -0.507 e. The van der Waals surface area contributed by atoms with E-state index in [1.165, 1.54) is 37.9 Å². The number of rotatable bonds is 5. The molecule has 8 nitrogen and oxygen atoms in total. The summed E-state index contributed by atoms with van der Waals surface area (Å²) in [7, 11) is 4.38. The second-order valence-electron chi connectivity index (χ2n) is 6.57. The van der Waals surface area contributed by atoms with E-state index in [4.69, 9.17) is 19.7 Å². The van der Waals surface area contributed by atoms with Crippen LogP contribution in [0.25, 0.3) is 0 Å². The largest absolute Gasteiger partial charge is 0.507 e.